The van der Waals surface area contributed by atoms with E-state index in [1.165, 1.54) is 12.1 Å². The van der Waals surface area contributed by atoms with Gasteiger partial charge in [-0.25, -0.2) is 4.79 Å². The molecule has 1 amide bonds. The summed E-state index contributed by atoms with van der Waals surface area (Å²) in [7, 11) is 0. The molecule has 0 radical (unpaired) electrons. The smallest absolute Gasteiger partial charge is 0.338 e. The van der Waals surface area contributed by atoms with Gasteiger partial charge in [0.25, 0.3) is 5.91 Å². The number of carbonyl (C=O) groups excluding carboxylic acids is 2. The van der Waals surface area contributed by atoms with Gasteiger partial charge in [-0.2, -0.15) is 5.26 Å². The van der Waals surface area contributed by atoms with Crippen LogP contribution in [0.2, 0.25) is 0 Å². The van der Waals surface area contributed by atoms with Crippen LogP contribution in [0, 0.1) is 11.3 Å². The maximum atomic E-state index is 11.9. The molecule has 0 spiro atoms. The van der Waals surface area contributed by atoms with Crippen LogP contribution in [-0.2, 0) is 16.0 Å². The first-order chi connectivity index (χ1) is 13.2. The van der Waals surface area contributed by atoms with Gasteiger partial charge in [-0.3, -0.25) is 4.79 Å². The summed E-state index contributed by atoms with van der Waals surface area (Å²) in [5.41, 5.74) is 1.59. The molecular weight excluding hydrogens is 348 g/mol. The Morgan fingerprint density at radius 1 is 1.11 bits per heavy atom. The van der Waals surface area contributed by atoms with Crippen molar-refractivity contribution in [1.29, 1.82) is 5.26 Å². The van der Waals surface area contributed by atoms with Crippen LogP contribution < -0.4 is 14.8 Å². The number of fused-ring (bicyclic) bond motifs is 1. The number of ether oxygens (including phenoxy) is 3. The first-order valence-electron chi connectivity index (χ1n) is 8.48. The molecular formula is C20H18N2O5. The van der Waals surface area contributed by atoms with E-state index < -0.39 is 11.9 Å². The molecule has 2 aromatic carbocycles. The predicted octanol–water partition coefficient (Wildman–Crippen LogP) is 1.85. The van der Waals surface area contributed by atoms with Gasteiger partial charge in [0.1, 0.15) is 13.2 Å². The Hall–Kier alpha value is -3.53. The van der Waals surface area contributed by atoms with Gasteiger partial charge in [-0.05, 0) is 42.3 Å². The van der Waals surface area contributed by atoms with E-state index in [2.05, 4.69) is 5.32 Å². The first kappa shape index (κ1) is 18.3. The highest BCUT2D eigenvalue weighted by Crippen LogP contribution is 2.30. The lowest BCUT2D eigenvalue weighted by atomic mass is 10.1. The molecule has 0 unspecified atom stereocenters. The van der Waals surface area contributed by atoms with Gasteiger partial charge in [0.05, 0.1) is 17.2 Å². The molecule has 0 fully saturated rings. The zero-order valence-electron chi connectivity index (χ0n) is 14.6. The maximum Gasteiger partial charge on any atom is 0.338 e. The molecule has 7 heteroatoms. The molecule has 3 rings (SSSR count). The number of nitrogens with zero attached hydrogens (tertiary/aromatic N) is 1. The SMILES string of the molecule is N#Cc1cccc(C(=O)OCC(=O)NCCc2ccc3c(c2)OCCO3)c1. The lowest BCUT2D eigenvalue weighted by Gasteiger charge is -2.18. The van der Waals surface area contributed by atoms with Crippen molar-refractivity contribution >= 4 is 11.9 Å². The van der Waals surface area contributed by atoms with Gasteiger partial charge in [-0.1, -0.05) is 12.1 Å². The van der Waals surface area contributed by atoms with Crippen LogP contribution in [0.15, 0.2) is 42.5 Å². The highest BCUT2D eigenvalue weighted by atomic mass is 16.6. The number of amides is 1. The number of nitrogens with one attached hydrogen (secondary N) is 1. The van der Waals surface area contributed by atoms with Gasteiger partial charge in [0.15, 0.2) is 18.1 Å². The zero-order chi connectivity index (χ0) is 19.1. The number of nitriles is 1. The Morgan fingerprint density at radius 3 is 2.74 bits per heavy atom. The summed E-state index contributed by atoms with van der Waals surface area (Å²) in [5, 5.41) is 11.5. The van der Waals surface area contributed by atoms with E-state index in [0.29, 0.717) is 37.5 Å². The van der Waals surface area contributed by atoms with Crippen LogP contribution in [-0.4, -0.2) is 38.2 Å². The van der Waals surface area contributed by atoms with Gasteiger partial charge < -0.3 is 19.5 Å². The molecule has 1 aliphatic heterocycles. The summed E-state index contributed by atoms with van der Waals surface area (Å²) in [5.74, 6) is 0.395. The Balaban J connectivity index is 1.42. The van der Waals surface area contributed by atoms with Crippen molar-refractivity contribution in [3.63, 3.8) is 0 Å². The summed E-state index contributed by atoms with van der Waals surface area (Å²) in [4.78, 5) is 23.8. The largest absolute Gasteiger partial charge is 0.486 e. The van der Waals surface area contributed by atoms with Gasteiger partial charge in [0.2, 0.25) is 0 Å². The molecule has 0 aromatic heterocycles. The number of esters is 1. The summed E-state index contributed by atoms with van der Waals surface area (Å²) in [6, 6.07) is 13.7. The Bertz CT molecular complexity index is 888. The summed E-state index contributed by atoms with van der Waals surface area (Å²) in [6.07, 6.45) is 0.612. The van der Waals surface area contributed by atoms with E-state index in [4.69, 9.17) is 19.5 Å². The second-order valence-electron chi connectivity index (χ2n) is 5.85. The molecule has 0 aliphatic carbocycles. The third-order valence-corrected chi connectivity index (χ3v) is 3.90. The van der Waals surface area contributed by atoms with Crippen LogP contribution in [0.25, 0.3) is 0 Å². The fourth-order valence-corrected chi connectivity index (χ4v) is 2.57. The first-order valence-corrected chi connectivity index (χ1v) is 8.48. The minimum absolute atomic E-state index is 0.234. The number of hydrogen-bond donors (Lipinski definition) is 1. The average Bonchev–Trinajstić information content (AvgIpc) is 2.72. The molecule has 138 valence electrons. The second-order valence-corrected chi connectivity index (χ2v) is 5.85. The fraction of sp³-hybridized carbons (Fsp3) is 0.250. The minimum atomic E-state index is -0.644. The van der Waals surface area contributed by atoms with Crippen molar-refractivity contribution in [3.8, 4) is 17.6 Å². The molecule has 0 saturated carbocycles. The quantitative estimate of drug-likeness (QED) is 0.784. The van der Waals surface area contributed by atoms with E-state index in [1.807, 2.05) is 24.3 Å². The van der Waals surface area contributed by atoms with Crippen LogP contribution in [0.5, 0.6) is 11.5 Å². The Morgan fingerprint density at radius 2 is 1.93 bits per heavy atom. The number of benzene rings is 2. The Kier molecular flexibility index (Phi) is 5.90. The normalized spacial score (nSPS) is 12.0. The number of rotatable bonds is 6. The molecule has 2 aromatic rings. The Labute approximate surface area is 156 Å². The molecule has 1 heterocycles. The van der Waals surface area contributed by atoms with Crippen molar-refractivity contribution in [2.75, 3.05) is 26.4 Å². The van der Waals surface area contributed by atoms with E-state index >= 15 is 0 Å². The molecule has 0 bridgehead atoms. The lowest BCUT2D eigenvalue weighted by molar-refractivity contribution is -0.124. The van der Waals surface area contributed by atoms with E-state index in [-0.39, 0.29) is 12.2 Å². The monoisotopic (exact) mass is 366 g/mol. The number of hydrogen-bond acceptors (Lipinski definition) is 6. The standard InChI is InChI=1S/C20H18N2O5/c21-12-15-2-1-3-16(10-15)20(24)27-13-19(23)22-7-6-14-4-5-17-18(11-14)26-9-8-25-17/h1-5,10-11H,6-9,13H2,(H,22,23). The van der Waals surface area contributed by atoms with Crippen molar-refractivity contribution in [2.45, 2.75) is 6.42 Å². The molecule has 27 heavy (non-hydrogen) atoms. The van der Waals surface area contributed by atoms with Gasteiger partial charge >= 0.3 is 5.97 Å². The van der Waals surface area contributed by atoms with Crippen molar-refractivity contribution in [2.24, 2.45) is 0 Å². The molecule has 1 N–H and O–H groups in total. The molecule has 1 aliphatic rings. The molecule has 0 atom stereocenters. The zero-order valence-corrected chi connectivity index (χ0v) is 14.6. The third kappa shape index (κ3) is 4.98. The highest BCUT2D eigenvalue weighted by Gasteiger charge is 2.13. The fourth-order valence-electron chi connectivity index (χ4n) is 2.57. The van der Waals surface area contributed by atoms with Crippen molar-refractivity contribution < 1.29 is 23.8 Å². The van der Waals surface area contributed by atoms with Crippen LogP contribution in [0.4, 0.5) is 0 Å². The summed E-state index contributed by atoms with van der Waals surface area (Å²) in [6.45, 7) is 1.09. The summed E-state index contributed by atoms with van der Waals surface area (Å²) >= 11 is 0. The average molecular weight is 366 g/mol. The van der Waals surface area contributed by atoms with Crippen LogP contribution in [0.3, 0.4) is 0 Å². The number of carbonyl (C=O) groups is 2. The van der Waals surface area contributed by atoms with Crippen molar-refractivity contribution in [1.82, 2.24) is 5.32 Å². The van der Waals surface area contributed by atoms with Crippen molar-refractivity contribution in [3.05, 3.63) is 59.2 Å². The van der Waals surface area contributed by atoms with E-state index in [9.17, 15) is 9.59 Å². The van der Waals surface area contributed by atoms with Crippen LogP contribution >= 0.6 is 0 Å². The maximum absolute atomic E-state index is 11.9. The third-order valence-electron chi connectivity index (χ3n) is 3.90. The minimum Gasteiger partial charge on any atom is -0.486 e. The second kappa shape index (κ2) is 8.72. The topological polar surface area (TPSA) is 97.7 Å². The van der Waals surface area contributed by atoms with Gasteiger partial charge in [-0.15, -0.1) is 0 Å². The van der Waals surface area contributed by atoms with Crippen LogP contribution in [0.1, 0.15) is 21.5 Å². The highest BCUT2D eigenvalue weighted by molar-refractivity contribution is 5.91. The lowest BCUT2D eigenvalue weighted by Crippen LogP contribution is -2.30. The summed E-state index contributed by atoms with van der Waals surface area (Å²) < 4.78 is 16.0. The van der Waals surface area contributed by atoms with E-state index in [1.54, 1.807) is 12.1 Å². The molecule has 7 nitrogen and oxygen atoms in total. The van der Waals surface area contributed by atoms with E-state index in [0.717, 1.165) is 11.3 Å². The predicted molar refractivity (Wildman–Crippen MR) is 95.6 cm³/mol. The van der Waals surface area contributed by atoms with Gasteiger partial charge in [0, 0.05) is 6.54 Å². The molecule has 0 saturated heterocycles.